The molecule has 0 saturated heterocycles. The molecule has 2 aromatic rings. The topological polar surface area (TPSA) is 58.6 Å². The van der Waals surface area contributed by atoms with E-state index in [1.165, 1.54) is 11.8 Å². The van der Waals surface area contributed by atoms with E-state index in [0.717, 1.165) is 23.3 Å². The van der Waals surface area contributed by atoms with Gasteiger partial charge in [-0.1, -0.05) is 48.9 Å². The molecule has 1 N–H and O–H groups in total. The first-order valence-electron chi connectivity index (χ1n) is 9.97. The molecule has 0 bridgehead atoms. The molecule has 5 nitrogen and oxygen atoms in total. The van der Waals surface area contributed by atoms with Crippen LogP contribution in [0.5, 0.6) is 5.75 Å². The van der Waals surface area contributed by atoms with Crippen molar-refractivity contribution >= 4 is 35.2 Å². The minimum absolute atomic E-state index is 0.0815. The maximum atomic E-state index is 13.0. The highest BCUT2D eigenvalue weighted by molar-refractivity contribution is 7.99. The Balaban J connectivity index is 2.06. The molecule has 7 heteroatoms. The SMILES string of the molecule is CCCNC(=O)C(C)N(Cc1ccc(OC)cc1)C(=O)CSCc1ccccc1Cl. The van der Waals surface area contributed by atoms with E-state index in [-0.39, 0.29) is 17.6 Å². The second kappa shape index (κ2) is 12.5. The molecule has 0 aliphatic carbocycles. The van der Waals surface area contributed by atoms with Gasteiger partial charge in [0.15, 0.2) is 0 Å². The van der Waals surface area contributed by atoms with Crippen LogP contribution in [0, 0.1) is 0 Å². The van der Waals surface area contributed by atoms with E-state index in [0.29, 0.717) is 23.9 Å². The fraction of sp³-hybridized carbons (Fsp3) is 0.391. The molecular formula is C23H29ClN2O3S. The van der Waals surface area contributed by atoms with E-state index in [9.17, 15) is 9.59 Å². The molecule has 0 aromatic heterocycles. The smallest absolute Gasteiger partial charge is 0.242 e. The van der Waals surface area contributed by atoms with Gasteiger partial charge >= 0.3 is 0 Å². The van der Waals surface area contributed by atoms with Gasteiger partial charge in [0.2, 0.25) is 11.8 Å². The zero-order valence-corrected chi connectivity index (χ0v) is 19.3. The first kappa shape index (κ1) is 24.1. The number of nitrogens with one attached hydrogen (secondary N) is 1. The molecule has 2 aromatic carbocycles. The number of hydrogen-bond acceptors (Lipinski definition) is 4. The van der Waals surface area contributed by atoms with Crippen LogP contribution in [0.15, 0.2) is 48.5 Å². The highest BCUT2D eigenvalue weighted by atomic mass is 35.5. The van der Waals surface area contributed by atoms with Gasteiger partial charge in [0.05, 0.1) is 12.9 Å². The van der Waals surface area contributed by atoms with Crippen molar-refractivity contribution in [1.82, 2.24) is 10.2 Å². The van der Waals surface area contributed by atoms with Gasteiger partial charge in [-0.2, -0.15) is 0 Å². The molecule has 1 unspecified atom stereocenters. The van der Waals surface area contributed by atoms with Crippen LogP contribution in [0.3, 0.4) is 0 Å². The summed E-state index contributed by atoms with van der Waals surface area (Å²) in [6.07, 6.45) is 0.846. The van der Waals surface area contributed by atoms with E-state index in [1.54, 1.807) is 18.9 Å². The number of amides is 2. The molecular weight excluding hydrogens is 420 g/mol. The van der Waals surface area contributed by atoms with E-state index < -0.39 is 6.04 Å². The van der Waals surface area contributed by atoms with Gasteiger partial charge in [0.1, 0.15) is 11.8 Å². The number of carbonyl (C=O) groups excluding carboxylic acids is 2. The number of carbonyl (C=O) groups is 2. The Kier molecular flexibility index (Phi) is 10.0. The van der Waals surface area contributed by atoms with E-state index in [2.05, 4.69) is 5.32 Å². The summed E-state index contributed by atoms with van der Waals surface area (Å²) in [6, 6.07) is 14.6. The van der Waals surface area contributed by atoms with Crippen molar-refractivity contribution in [2.45, 2.75) is 38.6 Å². The third-order valence-electron chi connectivity index (χ3n) is 4.67. The molecule has 2 rings (SSSR count). The number of ether oxygens (including phenoxy) is 1. The highest BCUT2D eigenvalue weighted by Gasteiger charge is 2.25. The lowest BCUT2D eigenvalue weighted by atomic mass is 10.1. The predicted octanol–water partition coefficient (Wildman–Crippen LogP) is 4.53. The summed E-state index contributed by atoms with van der Waals surface area (Å²) >= 11 is 7.70. The van der Waals surface area contributed by atoms with Crippen molar-refractivity contribution < 1.29 is 14.3 Å². The van der Waals surface area contributed by atoms with Crippen LogP contribution in [0.4, 0.5) is 0 Å². The molecule has 162 valence electrons. The Morgan fingerprint density at radius 1 is 1.17 bits per heavy atom. The zero-order valence-electron chi connectivity index (χ0n) is 17.7. The summed E-state index contributed by atoms with van der Waals surface area (Å²) in [5, 5.41) is 3.58. The molecule has 0 aliphatic rings. The standard InChI is InChI=1S/C23H29ClN2O3S/c1-4-13-25-23(28)17(2)26(14-18-9-11-20(29-3)12-10-18)22(27)16-30-15-19-7-5-6-8-21(19)24/h5-12,17H,4,13-16H2,1-3H3,(H,25,28). The number of halogens is 1. The first-order valence-corrected chi connectivity index (χ1v) is 11.5. The quantitative estimate of drug-likeness (QED) is 0.548. The van der Waals surface area contributed by atoms with Crippen LogP contribution in [-0.2, 0) is 21.9 Å². The lowest BCUT2D eigenvalue weighted by molar-refractivity contribution is -0.138. The van der Waals surface area contributed by atoms with Crippen LogP contribution in [0.2, 0.25) is 5.02 Å². The van der Waals surface area contributed by atoms with Gasteiger partial charge in [-0.25, -0.2) is 0 Å². The Labute approximate surface area is 188 Å². The maximum absolute atomic E-state index is 13.0. The zero-order chi connectivity index (χ0) is 21.9. The maximum Gasteiger partial charge on any atom is 0.242 e. The Hall–Kier alpha value is -2.18. The van der Waals surface area contributed by atoms with E-state index >= 15 is 0 Å². The molecule has 0 saturated carbocycles. The van der Waals surface area contributed by atoms with Crippen molar-refractivity contribution in [3.05, 3.63) is 64.7 Å². The Morgan fingerprint density at radius 3 is 2.50 bits per heavy atom. The fourth-order valence-corrected chi connectivity index (χ4v) is 4.05. The molecule has 0 fully saturated rings. The number of nitrogens with zero attached hydrogens (tertiary/aromatic N) is 1. The average Bonchev–Trinajstić information content (AvgIpc) is 2.76. The predicted molar refractivity (Wildman–Crippen MR) is 124 cm³/mol. The van der Waals surface area contributed by atoms with E-state index in [1.807, 2.05) is 55.5 Å². The Bertz CT molecular complexity index is 829. The monoisotopic (exact) mass is 448 g/mol. The summed E-state index contributed by atoms with van der Waals surface area (Å²) in [6.45, 7) is 4.72. The van der Waals surface area contributed by atoms with Crippen molar-refractivity contribution in [3.8, 4) is 5.75 Å². The minimum atomic E-state index is -0.563. The van der Waals surface area contributed by atoms with Gasteiger partial charge in [-0.05, 0) is 42.7 Å². The highest BCUT2D eigenvalue weighted by Crippen LogP contribution is 2.22. The van der Waals surface area contributed by atoms with Gasteiger partial charge in [0.25, 0.3) is 0 Å². The van der Waals surface area contributed by atoms with Crippen molar-refractivity contribution in [1.29, 1.82) is 0 Å². The number of rotatable bonds is 11. The summed E-state index contributed by atoms with van der Waals surface area (Å²) in [5.41, 5.74) is 1.93. The summed E-state index contributed by atoms with van der Waals surface area (Å²) in [5.74, 6) is 1.43. The van der Waals surface area contributed by atoms with Crippen LogP contribution in [-0.4, -0.2) is 42.2 Å². The summed E-state index contributed by atoms with van der Waals surface area (Å²) < 4.78 is 5.20. The van der Waals surface area contributed by atoms with Crippen LogP contribution in [0.1, 0.15) is 31.4 Å². The van der Waals surface area contributed by atoms with Crippen molar-refractivity contribution in [2.75, 3.05) is 19.4 Å². The summed E-state index contributed by atoms with van der Waals surface area (Å²) in [4.78, 5) is 27.2. The first-order chi connectivity index (χ1) is 14.5. The van der Waals surface area contributed by atoms with Crippen LogP contribution >= 0.6 is 23.4 Å². The fourth-order valence-electron chi connectivity index (χ4n) is 2.85. The lowest BCUT2D eigenvalue weighted by Crippen LogP contribution is -2.48. The van der Waals surface area contributed by atoms with Gasteiger partial charge in [-0.15, -0.1) is 11.8 Å². The molecule has 1 atom stereocenters. The van der Waals surface area contributed by atoms with Crippen molar-refractivity contribution in [3.63, 3.8) is 0 Å². The van der Waals surface area contributed by atoms with Gasteiger partial charge < -0.3 is 15.0 Å². The average molecular weight is 449 g/mol. The number of thioether (sulfide) groups is 1. The molecule has 0 aliphatic heterocycles. The molecule has 0 spiro atoms. The second-order valence-corrected chi connectivity index (χ2v) is 8.31. The van der Waals surface area contributed by atoms with E-state index in [4.69, 9.17) is 16.3 Å². The molecule has 2 amide bonds. The third-order valence-corrected chi connectivity index (χ3v) is 6.00. The number of benzene rings is 2. The lowest BCUT2D eigenvalue weighted by Gasteiger charge is -2.29. The summed E-state index contributed by atoms with van der Waals surface area (Å²) in [7, 11) is 1.61. The third kappa shape index (κ3) is 7.26. The second-order valence-electron chi connectivity index (χ2n) is 6.92. The van der Waals surface area contributed by atoms with Gasteiger partial charge in [0, 0.05) is 23.9 Å². The number of methoxy groups -OCH3 is 1. The largest absolute Gasteiger partial charge is 0.497 e. The van der Waals surface area contributed by atoms with Crippen molar-refractivity contribution in [2.24, 2.45) is 0 Å². The minimum Gasteiger partial charge on any atom is -0.497 e. The van der Waals surface area contributed by atoms with Gasteiger partial charge in [-0.3, -0.25) is 9.59 Å². The number of hydrogen-bond donors (Lipinski definition) is 1. The Morgan fingerprint density at radius 2 is 1.87 bits per heavy atom. The van der Waals surface area contributed by atoms with Crippen LogP contribution in [0.25, 0.3) is 0 Å². The molecule has 30 heavy (non-hydrogen) atoms. The normalized spacial score (nSPS) is 11.6. The van der Waals surface area contributed by atoms with Crippen LogP contribution < -0.4 is 10.1 Å². The molecule has 0 heterocycles. The molecule has 0 radical (unpaired) electrons.